The molecule has 0 aliphatic heterocycles. The summed E-state index contributed by atoms with van der Waals surface area (Å²) < 4.78 is 10.1. The standard InChI is InChI=1S/C12H15ClO3/c1-15-6-3-7-16-9-12(14)10-4-2-5-11(13)8-10/h2,4-5,8H,3,6-7,9H2,1H3. The molecule has 0 unspecified atom stereocenters. The number of ether oxygens (including phenoxy) is 2. The van der Waals surface area contributed by atoms with E-state index in [1.54, 1.807) is 31.4 Å². The first-order chi connectivity index (χ1) is 7.74. The molecule has 0 saturated carbocycles. The quantitative estimate of drug-likeness (QED) is 0.545. The van der Waals surface area contributed by atoms with Crippen LogP contribution >= 0.6 is 11.6 Å². The van der Waals surface area contributed by atoms with Crippen molar-refractivity contribution in [1.29, 1.82) is 0 Å². The van der Waals surface area contributed by atoms with E-state index in [0.29, 0.717) is 23.8 Å². The highest BCUT2D eigenvalue weighted by atomic mass is 35.5. The molecule has 0 atom stereocenters. The first-order valence-electron chi connectivity index (χ1n) is 5.09. The molecular weight excluding hydrogens is 228 g/mol. The van der Waals surface area contributed by atoms with E-state index in [0.717, 1.165) is 6.42 Å². The molecular formula is C12H15ClO3. The first-order valence-corrected chi connectivity index (χ1v) is 5.47. The molecule has 0 aliphatic rings. The number of hydrogen-bond donors (Lipinski definition) is 0. The van der Waals surface area contributed by atoms with Gasteiger partial charge in [0, 0.05) is 30.9 Å². The molecule has 16 heavy (non-hydrogen) atoms. The van der Waals surface area contributed by atoms with Gasteiger partial charge in [-0.15, -0.1) is 0 Å². The Morgan fingerprint density at radius 3 is 2.88 bits per heavy atom. The van der Waals surface area contributed by atoms with E-state index in [4.69, 9.17) is 21.1 Å². The molecule has 88 valence electrons. The van der Waals surface area contributed by atoms with E-state index in [1.807, 2.05) is 0 Å². The predicted molar refractivity (Wildman–Crippen MR) is 63.1 cm³/mol. The van der Waals surface area contributed by atoms with Gasteiger partial charge in [-0.1, -0.05) is 23.7 Å². The predicted octanol–water partition coefficient (Wildman–Crippen LogP) is 2.58. The molecule has 3 nitrogen and oxygen atoms in total. The maximum atomic E-state index is 11.6. The Kier molecular flexibility index (Phi) is 6.08. The highest BCUT2D eigenvalue weighted by molar-refractivity contribution is 6.31. The third-order valence-electron chi connectivity index (χ3n) is 2.02. The molecule has 1 rings (SSSR count). The fourth-order valence-corrected chi connectivity index (χ4v) is 1.41. The minimum atomic E-state index is -0.0556. The lowest BCUT2D eigenvalue weighted by molar-refractivity contribution is 0.0705. The number of carbonyl (C=O) groups is 1. The Morgan fingerprint density at radius 1 is 1.38 bits per heavy atom. The molecule has 0 aromatic heterocycles. The van der Waals surface area contributed by atoms with E-state index in [1.165, 1.54) is 0 Å². The van der Waals surface area contributed by atoms with Crippen LogP contribution in [0.2, 0.25) is 5.02 Å². The van der Waals surface area contributed by atoms with Crippen molar-refractivity contribution >= 4 is 17.4 Å². The van der Waals surface area contributed by atoms with Gasteiger partial charge in [0.25, 0.3) is 0 Å². The average molecular weight is 243 g/mol. The van der Waals surface area contributed by atoms with Crippen molar-refractivity contribution in [3.63, 3.8) is 0 Å². The fraction of sp³-hybridized carbons (Fsp3) is 0.417. The Labute approximate surface area is 100 Å². The number of ketones is 1. The van der Waals surface area contributed by atoms with Gasteiger partial charge in [-0.2, -0.15) is 0 Å². The number of rotatable bonds is 7. The van der Waals surface area contributed by atoms with Gasteiger partial charge < -0.3 is 9.47 Å². The van der Waals surface area contributed by atoms with Gasteiger partial charge in [-0.05, 0) is 18.6 Å². The van der Waals surface area contributed by atoms with Crippen molar-refractivity contribution in [2.24, 2.45) is 0 Å². The zero-order chi connectivity index (χ0) is 11.8. The van der Waals surface area contributed by atoms with Crippen LogP contribution in [0.3, 0.4) is 0 Å². The van der Waals surface area contributed by atoms with E-state index >= 15 is 0 Å². The largest absolute Gasteiger partial charge is 0.385 e. The summed E-state index contributed by atoms with van der Waals surface area (Å²) in [5.74, 6) is -0.0556. The monoisotopic (exact) mass is 242 g/mol. The lowest BCUT2D eigenvalue weighted by Gasteiger charge is -2.03. The molecule has 0 aliphatic carbocycles. The SMILES string of the molecule is COCCCOCC(=O)c1cccc(Cl)c1. The van der Waals surface area contributed by atoms with Crippen molar-refractivity contribution < 1.29 is 14.3 Å². The molecule has 0 fully saturated rings. The van der Waals surface area contributed by atoms with E-state index in [-0.39, 0.29) is 12.4 Å². The molecule has 0 bridgehead atoms. The van der Waals surface area contributed by atoms with Gasteiger partial charge in [0.05, 0.1) is 0 Å². The van der Waals surface area contributed by atoms with Gasteiger partial charge in [0.2, 0.25) is 0 Å². The second kappa shape index (κ2) is 7.39. The minimum absolute atomic E-state index is 0.0556. The van der Waals surface area contributed by atoms with Crippen LogP contribution in [0, 0.1) is 0 Å². The molecule has 4 heteroatoms. The lowest BCUT2D eigenvalue weighted by Crippen LogP contribution is -2.10. The van der Waals surface area contributed by atoms with Crippen LogP contribution in [0.25, 0.3) is 0 Å². The smallest absolute Gasteiger partial charge is 0.188 e. The van der Waals surface area contributed by atoms with Gasteiger partial charge >= 0.3 is 0 Å². The van der Waals surface area contributed by atoms with E-state index < -0.39 is 0 Å². The van der Waals surface area contributed by atoms with Crippen LogP contribution in [-0.4, -0.2) is 32.7 Å². The second-order valence-corrected chi connectivity index (χ2v) is 3.77. The number of methoxy groups -OCH3 is 1. The summed E-state index contributed by atoms with van der Waals surface area (Å²) in [6.07, 6.45) is 0.791. The summed E-state index contributed by atoms with van der Waals surface area (Å²) in [7, 11) is 1.64. The summed E-state index contributed by atoms with van der Waals surface area (Å²) in [6, 6.07) is 6.85. The lowest BCUT2D eigenvalue weighted by atomic mass is 10.1. The van der Waals surface area contributed by atoms with Crippen LogP contribution in [0.5, 0.6) is 0 Å². The highest BCUT2D eigenvalue weighted by Gasteiger charge is 2.05. The maximum absolute atomic E-state index is 11.6. The molecule has 1 aromatic carbocycles. The van der Waals surface area contributed by atoms with Crippen LogP contribution in [0.1, 0.15) is 16.8 Å². The van der Waals surface area contributed by atoms with Gasteiger partial charge in [-0.25, -0.2) is 0 Å². The van der Waals surface area contributed by atoms with E-state index in [2.05, 4.69) is 0 Å². The van der Waals surface area contributed by atoms with Gasteiger partial charge in [0.15, 0.2) is 5.78 Å². The number of carbonyl (C=O) groups excluding carboxylic acids is 1. The summed E-state index contributed by atoms with van der Waals surface area (Å²) >= 11 is 5.78. The van der Waals surface area contributed by atoms with Gasteiger partial charge in [0.1, 0.15) is 6.61 Å². The zero-order valence-electron chi connectivity index (χ0n) is 9.24. The maximum Gasteiger partial charge on any atom is 0.188 e. The van der Waals surface area contributed by atoms with Crippen LogP contribution in [0.15, 0.2) is 24.3 Å². The minimum Gasteiger partial charge on any atom is -0.385 e. The van der Waals surface area contributed by atoms with Crippen molar-refractivity contribution in [2.45, 2.75) is 6.42 Å². The molecule has 0 N–H and O–H groups in total. The number of halogens is 1. The summed E-state index contributed by atoms with van der Waals surface area (Å²) in [6.45, 7) is 1.26. The highest BCUT2D eigenvalue weighted by Crippen LogP contribution is 2.11. The summed E-state index contributed by atoms with van der Waals surface area (Å²) in [5, 5.41) is 0.560. The number of hydrogen-bond acceptors (Lipinski definition) is 3. The Morgan fingerprint density at radius 2 is 2.19 bits per heavy atom. The molecule has 0 amide bonds. The molecule has 0 saturated heterocycles. The van der Waals surface area contributed by atoms with Crippen LogP contribution in [0.4, 0.5) is 0 Å². The second-order valence-electron chi connectivity index (χ2n) is 3.33. The molecule has 0 heterocycles. The van der Waals surface area contributed by atoms with Gasteiger partial charge in [-0.3, -0.25) is 4.79 Å². The Bertz CT molecular complexity index is 339. The topological polar surface area (TPSA) is 35.5 Å². The first kappa shape index (κ1) is 13.2. The third kappa shape index (κ3) is 4.75. The van der Waals surface area contributed by atoms with Crippen molar-refractivity contribution in [1.82, 2.24) is 0 Å². The third-order valence-corrected chi connectivity index (χ3v) is 2.25. The number of benzene rings is 1. The van der Waals surface area contributed by atoms with Crippen LogP contribution < -0.4 is 0 Å². The summed E-state index contributed by atoms with van der Waals surface area (Å²) in [4.78, 5) is 11.6. The van der Waals surface area contributed by atoms with Crippen molar-refractivity contribution in [3.8, 4) is 0 Å². The average Bonchev–Trinajstić information content (AvgIpc) is 2.28. The van der Waals surface area contributed by atoms with Crippen molar-refractivity contribution in [3.05, 3.63) is 34.9 Å². The molecule has 1 aromatic rings. The molecule has 0 radical (unpaired) electrons. The Balaban J connectivity index is 2.30. The zero-order valence-corrected chi connectivity index (χ0v) is 10.00. The van der Waals surface area contributed by atoms with Crippen molar-refractivity contribution in [2.75, 3.05) is 26.9 Å². The van der Waals surface area contributed by atoms with Crippen LogP contribution in [-0.2, 0) is 9.47 Å². The summed E-state index contributed by atoms with van der Waals surface area (Å²) in [5.41, 5.74) is 0.583. The normalized spacial score (nSPS) is 10.4. The Hall–Kier alpha value is -0.900. The fourth-order valence-electron chi connectivity index (χ4n) is 1.22. The van der Waals surface area contributed by atoms with E-state index in [9.17, 15) is 4.79 Å². The number of Topliss-reactive ketones (excluding diaryl/α,β-unsaturated/α-hetero) is 1. The molecule has 0 spiro atoms.